The number of hydrogen-bond acceptors (Lipinski definition) is 5. The first-order valence-corrected chi connectivity index (χ1v) is 9.09. The Morgan fingerprint density at radius 3 is 2.52 bits per heavy atom. The van der Waals surface area contributed by atoms with E-state index in [1.807, 2.05) is 30.0 Å². The zero-order valence-corrected chi connectivity index (χ0v) is 16.3. The van der Waals surface area contributed by atoms with Crippen LogP contribution < -0.4 is 5.32 Å². The summed E-state index contributed by atoms with van der Waals surface area (Å²) in [6.45, 7) is 0.757. The number of rotatable bonds is 3. The summed E-state index contributed by atoms with van der Waals surface area (Å²) in [6, 6.07) is 6.85. The van der Waals surface area contributed by atoms with Crippen LogP contribution in [-0.2, 0) is 18.3 Å². The summed E-state index contributed by atoms with van der Waals surface area (Å²) in [7, 11) is 1.90. The Labute approximate surface area is 174 Å². The van der Waals surface area contributed by atoms with Crippen molar-refractivity contribution >= 4 is 23.5 Å². The van der Waals surface area contributed by atoms with Gasteiger partial charge in [-0.05, 0) is 41.8 Å². The SMILES string of the molecule is Cn1cc2c3c1C(=O)C(N/C=C/c1ccc(O)cc1)=CC3=NCC2.O=C(O)C(F)(F)F. The van der Waals surface area contributed by atoms with E-state index in [1.54, 1.807) is 30.5 Å². The summed E-state index contributed by atoms with van der Waals surface area (Å²) in [4.78, 5) is 26.2. The van der Waals surface area contributed by atoms with Gasteiger partial charge in [0.05, 0.1) is 11.4 Å². The van der Waals surface area contributed by atoms with E-state index in [9.17, 15) is 23.1 Å². The third-order valence-electron chi connectivity index (χ3n) is 4.57. The number of aliphatic carboxylic acids is 1. The van der Waals surface area contributed by atoms with Crippen molar-refractivity contribution in [2.75, 3.05) is 6.54 Å². The highest BCUT2D eigenvalue weighted by Gasteiger charge is 2.38. The number of carbonyl (C=O) groups excluding carboxylic acids is 1. The van der Waals surface area contributed by atoms with E-state index in [-0.39, 0.29) is 11.5 Å². The summed E-state index contributed by atoms with van der Waals surface area (Å²) in [5.41, 5.74) is 5.22. The molecule has 0 fully saturated rings. The molecule has 2 aromatic rings. The third-order valence-corrected chi connectivity index (χ3v) is 4.57. The van der Waals surface area contributed by atoms with Gasteiger partial charge in [0.1, 0.15) is 11.4 Å². The number of nitrogens with zero attached hydrogens (tertiary/aromatic N) is 2. The van der Waals surface area contributed by atoms with Gasteiger partial charge in [-0.15, -0.1) is 0 Å². The molecule has 0 amide bonds. The van der Waals surface area contributed by atoms with Gasteiger partial charge in [0, 0.05) is 31.6 Å². The van der Waals surface area contributed by atoms with E-state index in [0.29, 0.717) is 11.4 Å². The number of aliphatic imine (C=N–C) groups is 1. The molecule has 1 aliphatic heterocycles. The fourth-order valence-corrected chi connectivity index (χ4v) is 3.18. The zero-order valence-electron chi connectivity index (χ0n) is 16.3. The minimum absolute atomic E-state index is 0.0186. The number of halogens is 3. The fraction of sp³-hybridized carbons (Fsp3) is 0.190. The maximum atomic E-state index is 12.7. The van der Waals surface area contributed by atoms with Gasteiger partial charge in [0.25, 0.3) is 0 Å². The first-order valence-electron chi connectivity index (χ1n) is 9.09. The van der Waals surface area contributed by atoms with Crippen molar-refractivity contribution in [3.05, 3.63) is 70.8 Å². The lowest BCUT2D eigenvalue weighted by atomic mass is 9.92. The molecule has 0 spiro atoms. The second-order valence-corrected chi connectivity index (χ2v) is 6.77. The number of carboxylic acid groups (broad SMARTS) is 1. The molecule has 0 unspecified atom stereocenters. The number of hydrogen-bond donors (Lipinski definition) is 3. The number of aryl methyl sites for hydroxylation is 1. The standard InChI is InChI=1S/C19H17N3O2.C2HF3O2/c1-22-11-13-7-9-20-15-10-16(19(24)18(22)17(13)15)21-8-6-12-2-4-14(23)5-3-12;3-2(4,5)1(6)7/h2-6,8,10-11,21,23H,7,9H2,1H3;(H,6,7)/b8-6+;. The molecule has 1 aromatic carbocycles. The van der Waals surface area contributed by atoms with Crippen LogP contribution in [0.1, 0.15) is 27.2 Å². The minimum Gasteiger partial charge on any atom is -0.508 e. The highest BCUT2D eigenvalue weighted by atomic mass is 19.4. The second kappa shape index (κ2) is 8.50. The molecule has 1 aromatic heterocycles. The molecule has 0 radical (unpaired) electrons. The number of alkyl halides is 3. The molecular weight excluding hydrogens is 415 g/mol. The number of aromatic nitrogens is 1. The summed E-state index contributed by atoms with van der Waals surface area (Å²) >= 11 is 0. The van der Waals surface area contributed by atoms with Gasteiger partial charge in [0.2, 0.25) is 5.78 Å². The van der Waals surface area contributed by atoms with Crippen LogP contribution in [0.5, 0.6) is 5.75 Å². The average Bonchev–Trinajstić information content (AvgIpc) is 3.04. The van der Waals surface area contributed by atoms with Crippen molar-refractivity contribution in [3.8, 4) is 5.75 Å². The second-order valence-electron chi connectivity index (χ2n) is 6.77. The first-order chi connectivity index (χ1) is 14.6. The zero-order chi connectivity index (χ0) is 22.8. The van der Waals surface area contributed by atoms with E-state index in [0.717, 1.165) is 29.8 Å². The lowest BCUT2D eigenvalue weighted by Crippen LogP contribution is -2.27. The molecule has 31 heavy (non-hydrogen) atoms. The number of Topliss-reactive ketones (excluding diaryl/α,β-unsaturated/α-hetero) is 1. The van der Waals surface area contributed by atoms with Crippen molar-refractivity contribution < 1.29 is 33.0 Å². The Hall–Kier alpha value is -3.82. The lowest BCUT2D eigenvalue weighted by Gasteiger charge is -2.19. The van der Waals surface area contributed by atoms with E-state index in [4.69, 9.17) is 9.90 Å². The highest BCUT2D eigenvalue weighted by molar-refractivity contribution is 6.26. The first kappa shape index (κ1) is 21.9. The molecule has 0 atom stereocenters. The van der Waals surface area contributed by atoms with Crippen LogP contribution in [0.4, 0.5) is 13.2 Å². The van der Waals surface area contributed by atoms with Gasteiger partial charge in [-0.1, -0.05) is 12.1 Å². The van der Waals surface area contributed by atoms with E-state index in [2.05, 4.69) is 10.3 Å². The maximum Gasteiger partial charge on any atom is 0.490 e. The van der Waals surface area contributed by atoms with Crippen LogP contribution in [0.15, 0.2) is 53.4 Å². The highest BCUT2D eigenvalue weighted by Crippen LogP contribution is 2.28. The molecular formula is C21H18F3N3O4. The molecule has 0 saturated carbocycles. The van der Waals surface area contributed by atoms with Crippen molar-refractivity contribution in [2.24, 2.45) is 12.0 Å². The predicted molar refractivity (Wildman–Crippen MR) is 107 cm³/mol. The molecule has 162 valence electrons. The number of phenols is 1. The number of nitrogens with one attached hydrogen (secondary N) is 1. The topological polar surface area (TPSA) is 104 Å². The molecule has 2 heterocycles. The number of carbonyl (C=O) groups is 2. The number of benzene rings is 1. The Kier molecular flexibility index (Phi) is 6.00. The Balaban J connectivity index is 0.000000339. The lowest BCUT2D eigenvalue weighted by molar-refractivity contribution is -0.192. The third kappa shape index (κ3) is 4.85. The number of carboxylic acids is 1. The summed E-state index contributed by atoms with van der Waals surface area (Å²) in [6.07, 6.45) is 3.24. The normalized spacial score (nSPS) is 14.9. The predicted octanol–water partition coefficient (Wildman–Crippen LogP) is 3.05. The number of ketones is 1. The van der Waals surface area contributed by atoms with Gasteiger partial charge < -0.3 is 20.1 Å². The summed E-state index contributed by atoms with van der Waals surface area (Å²) in [5, 5.41) is 19.5. The van der Waals surface area contributed by atoms with E-state index >= 15 is 0 Å². The Bertz CT molecular complexity index is 1110. The fourth-order valence-electron chi connectivity index (χ4n) is 3.18. The molecule has 0 saturated heterocycles. The van der Waals surface area contributed by atoms with Gasteiger partial charge in [-0.2, -0.15) is 13.2 Å². The molecule has 4 rings (SSSR count). The molecule has 2 aliphatic rings. The van der Waals surface area contributed by atoms with Gasteiger partial charge >= 0.3 is 12.1 Å². The summed E-state index contributed by atoms with van der Waals surface area (Å²) in [5.74, 6) is -2.55. The van der Waals surface area contributed by atoms with Gasteiger partial charge in [0.15, 0.2) is 0 Å². The van der Waals surface area contributed by atoms with Crippen LogP contribution in [0.25, 0.3) is 6.08 Å². The van der Waals surface area contributed by atoms with Crippen molar-refractivity contribution in [1.82, 2.24) is 9.88 Å². The van der Waals surface area contributed by atoms with E-state index in [1.165, 1.54) is 5.56 Å². The molecule has 1 aliphatic carbocycles. The van der Waals surface area contributed by atoms with Crippen molar-refractivity contribution in [3.63, 3.8) is 0 Å². The van der Waals surface area contributed by atoms with Crippen LogP contribution in [0.3, 0.4) is 0 Å². The number of allylic oxidation sites excluding steroid dienone is 2. The number of phenolic OH excluding ortho intramolecular Hbond substituents is 1. The van der Waals surface area contributed by atoms with Gasteiger partial charge in [-0.3, -0.25) is 9.79 Å². The Morgan fingerprint density at radius 2 is 1.90 bits per heavy atom. The van der Waals surface area contributed by atoms with Crippen molar-refractivity contribution in [1.29, 1.82) is 0 Å². The monoisotopic (exact) mass is 433 g/mol. The molecule has 7 nitrogen and oxygen atoms in total. The smallest absolute Gasteiger partial charge is 0.490 e. The van der Waals surface area contributed by atoms with Crippen LogP contribution in [0.2, 0.25) is 0 Å². The quantitative estimate of drug-likeness (QED) is 0.690. The average molecular weight is 433 g/mol. The minimum atomic E-state index is -5.08. The van der Waals surface area contributed by atoms with Crippen molar-refractivity contribution in [2.45, 2.75) is 12.6 Å². The van der Waals surface area contributed by atoms with Crippen LogP contribution in [-0.4, -0.2) is 45.0 Å². The van der Waals surface area contributed by atoms with E-state index < -0.39 is 12.1 Å². The molecule has 3 N–H and O–H groups in total. The largest absolute Gasteiger partial charge is 0.508 e. The van der Waals surface area contributed by atoms with Gasteiger partial charge in [-0.25, -0.2) is 4.79 Å². The van der Waals surface area contributed by atoms with Crippen LogP contribution in [0, 0.1) is 0 Å². The van der Waals surface area contributed by atoms with Crippen LogP contribution >= 0.6 is 0 Å². The maximum absolute atomic E-state index is 12.7. The molecule has 10 heteroatoms. The molecule has 0 bridgehead atoms. The summed E-state index contributed by atoms with van der Waals surface area (Å²) < 4.78 is 33.6. The Morgan fingerprint density at radius 1 is 1.26 bits per heavy atom. The number of aromatic hydroxyl groups is 1.